The topological polar surface area (TPSA) is 53.5 Å². The number of sulfonamides is 1. The molecule has 94 valence electrons. The van der Waals surface area contributed by atoms with Gasteiger partial charge in [-0.3, -0.25) is 4.98 Å². The molecule has 2 heterocycles. The summed E-state index contributed by atoms with van der Waals surface area (Å²) in [4.78, 5) is 6.26. The van der Waals surface area contributed by atoms with Crippen LogP contribution in [0.25, 0.3) is 0 Å². The van der Waals surface area contributed by atoms with Gasteiger partial charge < -0.3 is 4.90 Å². The van der Waals surface area contributed by atoms with Gasteiger partial charge in [0.05, 0.1) is 0 Å². The van der Waals surface area contributed by atoms with Crippen molar-refractivity contribution in [1.29, 1.82) is 0 Å². The first-order valence-electron chi connectivity index (χ1n) is 5.29. The first kappa shape index (κ1) is 12.9. The average Bonchev–Trinajstić information content (AvgIpc) is 2.29. The van der Waals surface area contributed by atoms with Gasteiger partial charge in [-0.25, -0.2) is 8.42 Å². The van der Waals surface area contributed by atoms with Crippen LogP contribution in [0.5, 0.6) is 0 Å². The largest absolute Gasteiger partial charge is 0.304 e. The molecule has 7 heteroatoms. The fourth-order valence-corrected chi connectivity index (χ4v) is 3.64. The van der Waals surface area contributed by atoms with E-state index in [0.29, 0.717) is 17.6 Å². The Labute approximate surface area is 110 Å². The van der Waals surface area contributed by atoms with Gasteiger partial charge in [0.2, 0.25) is 10.0 Å². The van der Waals surface area contributed by atoms with Gasteiger partial charge in [0.25, 0.3) is 0 Å². The Balaban J connectivity index is 2.25. The number of hydrogen-bond acceptors (Lipinski definition) is 4. The molecule has 1 aliphatic rings. The van der Waals surface area contributed by atoms with Crippen LogP contribution in [0.1, 0.15) is 0 Å². The lowest BCUT2D eigenvalue weighted by Gasteiger charge is -2.31. The molecule has 0 N–H and O–H groups in total. The molecule has 0 saturated carbocycles. The van der Waals surface area contributed by atoms with Crippen molar-refractivity contribution in [1.82, 2.24) is 14.2 Å². The van der Waals surface area contributed by atoms with Crippen LogP contribution < -0.4 is 0 Å². The van der Waals surface area contributed by atoms with E-state index in [9.17, 15) is 8.42 Å². The quantitative estimate of drug-likeness (QED) is 0.808. The molecule has 0 aliphatic carbocycles. The molecule has 1 fully saturated rings. The maximum atomic E-state index is 12.3. The normalized spacial score (nSPS) is 19.4. The maximum absolute atomic E-state index is 12.3. The maximum Gasteiger partial charge on any atom is 0.244 e. The van der Waals surface area contributed by atoms with Gasteiger partial charge in [-0.15, -0.1) is 0 Å². The van der Waals surface area contributed by atoms with E-state index in [4.69, 9.17) is 0 Å². The molecule has 0 unspecified atom stereocenters. The third-order valence-electron chi connectivity index (χ3n) is 2.78. The summed E-state index contributed by atoms with van der Waals surface area (Å²) < 4.78 is 26.8. The number of halogens is 1. The van der Waals surface area contributed by atoms with E-state index in [1.807, 2.05) is 7.05 Å². The number of aromatic nitrogens is 1. The molecule has 1 aliphatic heterocycles. The smallest absolute Gasteiger partial charge is 0.244 e. The zero-order chi connectivity index (χ0) is 12.5. The minimum Gasteiger partial charge on any atom is -0.304 e. The highest BCUT2D eigenvalue weighted by Crippen LogP contribution is 2.19. The molecule has 1 saturated heterocycles. The highest BCUT2D eigenvalue weighted by atomic mass is 79.9. The van der Waals surface area contributed by atoms with Gasteiger partial charge >= 0.3 is 0 Å². The first-order valence-corrected chi connectivity index (χ1v) is 7.53. The number of hydrogen-bond donors (Lipinski definition) is 0. The fourth-order valence-electron chi connectivity index (χ4n) is 1.71. The van der Waals surface area contributed by atoms with Crippen molar-refractivity contribution in [2.45, 2.75) is 4.90 Å². The number of piperazine rings is 1. The second-order valence-electron chi connectivity index (χ2n) is 4.05. The summed E-state index contributed by atoms with van der Waals surface area (Å²) in [5.74, 6) is 0. The zero-order valence-corrected chi connectivity index (χ0v) is 11.9. The fraction of sp³-hybridized carbons (Fsp3) is 0.500. The second kappa shape index (κ2) is 5.01. The Kier molecular flexibility index (Phi) is 3.82. The van der Waals surface area contributed by atoms with Crippen LogP contribution in [-0.2, 0) is 10.0 Å². The minimum atomic E-state index is -3.39. The van der Waals surface area contributed by atoms with Crippen molar-refractivity contribution in [3.63, 3.8) is 0 Å². The van der Waals surface area contributed by atoms with E-state index in [1.165, 1.54) is 10.5 Å². The van der Waals surface area contributed by atoms with Crippen LogP contribution in [0.15, 0.2) is 27.8 Å². The van der Waals surface area contributed by atoms with Crippen molar-refractivity contribution in [2.24, 2.45) is 0 Å². The molecule has 0 radical (unpaired) electrons. The van der Waals surface area contributed by atoms with Crippen molar-refractivity contribution >= 4 is 26.0 Å². The van der Waals surface area contributed by atoms with Crippen LogP contribution in [-0.4, -0.2) is 55.8 Å². The van der Waals surface area contributed by atoms with Gasteiger partial charge in [-0.05, 0) is 29.0 Å². The summed E-state index contributed by atoms with van der Waals surface area (Å²) in [6, 6.07) is 1.58. The summed E-state index contributed by atoms with van der Waals surface area (Å²) in [6.07, 6.45) is 2.96. The van der Waals surface area contributed by atoms with E-state index < -0.39 is 10.0 Å². The molecule has 5 nitrogen and oxygen atoms in total. The molecule has 0 atom stereocenters. The minimum absolute atomic E-state index is 0.247. The van der Waals surface area contributed by atoms with E-state index in [1.54, 1.807) is 12.3 Å². The van der Waals surface area contributed by atoms with Gasteiger partial charge in [-0.2, -0.15) is 4.31 Å². The zero-order valence-electron chi connectivity index (χ0n) is 9.50. The molecule has 2 rings (SSSR count). The number of rotatable bonds is 2. The Hall–Kier alpha value is -0.500. The van der Waals surface area contributed by atoms with Crippen molar-refractivity contribution in [3.05, 3.63) is 22.9 Å². The van der Waals surface area contributed by atoms with E-state index in [0.717, 1.165) is 13.1 Å². The second-order valence-corrected chi connectivity index (χ2v) is 6.90. The van der Waals surface area contributed by atoms with Gasteiger partial charge in [0.15, 0.2) is 0 Å². The molecular formula is C10H14BrN3O2S. The van der Waals surface area contributed by atoms with E-state index in [2.05, 4.69) is 25.8 Å². The monoisotopic (exact) mass is 319 g/mol. The predicted octanol–water partition coefficient (Wildman–Crippen LogP) is 0.780. The van der Waals surface area contributed by atoms with Crippen LogP contribution in [0.4, 0.5) is 0 Å². The Morgan fingerprint density at radius 1 is 1.24 bits per heavy atom. The van der Waals surface area contributed by atoms with Gasteiger partial charge in [0.1, 0.15) is 4.90 Å². The summed E-state index contributed by atoms with van der Waals surface area (Å²) >= 11 is 3.23. The van der Waals surface area contributed by atoms with Crippen molar-refractivity contribution < 1.29 is 8.42 Å². The standard InChI is InChI=1S/C10H14BrN3O2S/c1-13-2-4-14(5-3-13)17(15,16)10-6-9(11)7-12-8-10/h6-8H,2-5H2,1H3. The molecule has 0 amide bonds. The van der Waals surface area contributed by atoms with Gasteiger partial charge in [-0.1, -0.05) is 0 Å². The molecule has 17 heavy (non-hydrogen) atoms. The SMILES string of the molecule is CN1CCN(S(=O)(=O)c2cncc(Br)c2)CC1. The lowest BCUT2D eigenvalue weighted by molar-refractivity contribution is 0.222. The third kappa shape index (κ3) is 2.85. The Bertz CT molecular complexity index is 498. The lowest BCUT2D eigenvalue weighted by atomic mass is 10.4. The first-order chi connectivity index (χ1) is 8.00. The van der Waals surface area contributed by atoms with Crippen molar-refractivity contribution in [3.8, 4) is 0 Å². The van der Waals surface area contributed by atoms with Crippen LogP contribution in [0.3, 0.4) is 0 Å². The molecule has 0 spiro atoms. The Morgan fingerprint density at radius 3 is 2.47 bits per heavy atom. The lowest BCUT2D eigenvalue weighted by Crippen LogP contribution is -2.47. The summed E-state index contributed by atoms with van der Waals surface area (Å²) in [5, 5.41) is 0. The molecular weight excluding hydrogens is 306 g/mol. The number of likely N-dealkylation sites (N-methyl/N-ethyl adjacent to an activating group) is 1. The van der Waals surface area contributed by atoms with Crippen LogP contribution in [0.2, 0.25) is 0 Å². The van der Waals surface area contributed by atoms with Crippen LogP contribution in [0, 0.1) is 0 Å². The molecule has 1 aromatic rings. The summed E-state index contributed by atoms with van der Waals surface area (Å²) in [6.45, 7) is 2.60. The highest BCUT2D eigenvalue weighted by molar-refractivity contribution is 9.10. The molecule has 1 aromatic heterocycles. The Morgan fingerprint density at radius 2 is 1.88 bits per heavy atom. The van der Waals surface area contributed by atoms with Crippen molar-refractivity contribution in [2.75, 3.05) is 33.2 Å². The summed E-state index contributed by atoms with van der Waals surface area (Å²) in [5.41, 5.74) is 0. The molecule has 0 bridgehead atoms. The predicted molar refractivity (Wildman–Crippen MR) is 68.2 cm³/mol. The third-order valence-corrected chi connectivity index (χ3v) is 5.08. The van der Waals surface area contributed by atoms with Crippen LogP contribution >= 0.6 is 15.9 Å². The van der Waals surface area contributed by atoms with E-state index >= 15 is 0 Å². The highest BCUT2D eigenvalue weighted by Gasteiger charge is 2.27. The average molecular weight is 320 g/mol. The number of nitrogens with zero attached hydrogens (tertiary/aromatic N) is 3. The van der Waals surface area contributed by atoms with Gasteiger partial charge in [0, 0.05) is 43.0 Å². The molecule has 0 aromatic carbocycles. The number of pyridine rings is 1. The van der Waals surface area contributed by atoms with E-state index in [-0.39, 0.29) is 4.90 Å². The summed E-state index contributed by atoms with van der Waals surface area (Å²) in [7, 11) is -1.40.